The normalized spacial score (nSPS) is 40.0. The number of fused-ring (bicyclic) bond motifs is 1. The second-order valence-corrected chi connectivity index (χ2v) is 6.62. The van der Waals surface area contributed by atoms with Gasteiger partial charge in [-0.2, -0.15) is 0 Å². The summed E-state index contributed by atoms with van der Waals surface area (Å²) in [5.41, 5.74) is -2.28. The molecule has 2 saturated heterocycles. The average molecular weight is 321 g/mol. The van der Waals surface area contributed by atoms with E-state index in [0.29, 0.717) is 6.42 Å². The number of nitrogens with one attached hydrogen (secondary N) is 1. The van der Waals surface area contributed by atoms with Crippen molar-refractivity contribution < 1.29 is 19.4 Å². The molecule has 2 heterocycles. The van der Waals surface area contributed by atoms with Gasteiger partial charge in [-0.3, -0.25) is 4.79 Å². The third kappa shape index (κ3) is 2.24. The van der Waals surface area contributed by atoms with Gasteiger partial charge in [-0.15, -0.1) is 0 Å². The number of rotatable bonds is 4. The fraction of sp³-hybridized carbons (Fsp3) is 0.667. The smallest absolute Gasteiger partial charge is 0.339 e. The minimum atomic E-state index is -1.30. The Morgan fingerprint density at radius 1 is 1.52 bits per heavy atom. The van der Waals surface area contributed by atoms with Crippen LogP contribution < -0.4 is 5.32 Å². The summed E-state index contributed by atoms with van der Waals surface area (Å²) in [4.78, 5) is 24.6. The zero-order valence-electron chi connectivity index (χ0n) is 13.0. The van der Waals surface area contributed by atoms with Crippen molar-refractivity contribution in [3.8, 4) is 0 Å². The van der Waals surface area contributed by atoms with Gasteiger partial charge in [-0.05, 0) is 39.5 Å². The molecule has 3 rings (SSSR count). The number of hydrogen-bond donors (Lipinski definition) is 2. The third-order valence-electron chi connectivity index (χ3n) is 5.46. The summed E-state index contributed by atoms with van der Waals surface area (Å²) in [5.74, 6) is -1.31. The lowest BCUT2D eigenvalue weighted by Gasteiger charge is -2.54. The molecule has 0 aromatic rings. The number of carbonyl (C=O) groups is 2. The van der Waals surface area contributed by atoms with Crippen molar-refractivity contribution >= 4 is 11.9 Å². The second kappa shape index (κ2) is 6.11. The Bertz CT molecular complexity index is 555. The van der Waals surface area contributed by atoms with Crippen LogP contribution >= 0.6 is 0 Å². The van der Waals surface area contributed by atoms with E-state index in [9.17, 15) is 14.7 Å². The van der Waals surface area contributed by atoms with Gasteiger partial charge in [0.2, 0.25) is 11.4 Å². The van der Waals surface area contributed by atoms with Crippen LogP contribution in [0.3, 0.4) is 0 Å². The van der Waals surface area contributed by atoms with E-state index in [1.807, 2.05) is 31.2 Å². The number of esters is 1. The first-order valence-corrected chi connectivity index (χ1v) is 7.98. The topological polar surface area (TPSA) is 75.6 Å². The molecule has 2 fully saturated rings. The lowest BCUT2D eigenvalue weighted by Crippen LogP contribution is -2.80. The number of amides is 1. The Morgan fingerprint density at radius 2 is 2.26 bits per heavy atom. The van der Waals surface area contributed by atoms with Crippen LogP contribution in [0, 0.1) is 11.8 Å². The molecule has 3 aliphatic rings. The van der Waals surface area contributed by atoms with Crippen LogP contribution in [-0.2, 0) is 14.3 Å². The first-order chi connectivity index (χ1) is 10.5. The summed E-state index contributed by atoms with van der Waals surface area (Å²) in [6.45, 7) is 3.65. The predicted molar refractivity (Wildman–Crippen MR) is 87.5 cm³/mol. The van der Waals surface area contributed by atoms with Crippen molar-refractivity contribution in [2.45, 2.75) is 64.2 Å². The molecule has 5 nitrogen and oxygen atoms in total. The van der Waals surface area contributed by atoms with Crippen molar-refractivity contribution in [3.63, 3.8) is 0 Å². The Kier molecular flexibility index (Phi) is 4.71. The highest BCUT2D eigenvalue weighted by Crippen LogP contribution is 2.53. The van der Waals surface area contributed by atoms with Crippen LogP contribution in [0.1, 0.15) is 47.0 Å². The maximum atomic E-state index is 12.4. The second-order valence-electron chi connectivity index (χ2n) is 6.62. The molecule has 0 aromatic carbocycles. The molecule has 1 aliphatic carbocycles. The van der Waals surface area contributed by atoms with E-state index >= 15 is 0 Å². The lowest BCUT2D eigenvalue weighted by molar-refractivity contribution is -0.237. The van der Waals surface area contributed by atoms with Gasteiger partial charge in [0.05, 0.1) is 12.0 Å². The zero-order chi connectivity index (χ0) is 16.0. The molecule has 0 aromatic heterocycles. The van der Waals surface area contributed by atoms with Gasteiger partial charge >= 0.3 is 5.97 Å². The Labute approximate surface area is 137 Å². The summed E-state index contributed by atoms with van der Waals surface area (Å²) >= 11 is 0. The summed E-state index contributed by atoms with van der Waals surface area (Å²) in [5, 5.41) is 13.6. The van der Waals surface area contributed by atoms with Gasteiger partial charge in [0.1, 0.15) is 0 Å². The molecule has 23 heavy (non-hydrogen) atoms. The SMILES string of the molecule is C.C/C=C/C[C@H]1C(=O)N[C@@]2([C@@H](O)[C@@H]3C=CCCC3)C(=O)O[C@@]12C. The highest BCUT2D eigenvalue weighted by molar-refractivity contribution is 6.02. The van der Waals surface area contributed by atoms with Gasteiger partial charge in [-0.1, -0.05) is 31.7 Å². The fourth-order valence-corrected chi connectivity index (χ4v) is 4.08. The molecule has 0 spiro atoms. The molecule has 2 N–H and O–H groups in total. The van der Waals surface area contributed by atoms with Gasteiger partial charge in [0, 0.05) is 5.92 Å². The molecular formula is C18H27NO4. The fourth-order valence-electron chi connectivity index (χ4n) is 4.08. The van der Waals surface area contributed by atoms with Gasteiger partial charge in [0.15, 0.2) is 5.60 Å². The predicted octanol–water partition coefficient (Wildman–Crippen LogP) is 2.11. The molecular weight excluding hydrogens is 294 g/mol. The molecule has 128 valence electrons. The van der Waals surface area contributed by atoms with Crippen LogP contribution in [0.25, 0.3) is 0 Å². The first-order valence-electron chi connectivity index (χ1n) is 7.98. The minimum absolute atomic E-state index is 0. The lowest BCUT2D eigenvalue weighted by atomic mass is 9.64. The van der Waals surface area contributed by atoms with E-state index in [0.717, 1.165) is 19.3 Å². The number of ether oxygens (including phenoxy) is 1. The quantitative estimate of drug-likeness (QED) is 0.614. The molecule has 0 bridgehead atoms. The summed E-state index contributed by atoms with van der Waals surface area (Å²) < 4.78 is 5.41. The summed E-state index contributed by atoms with van der Waals surface area (Å²) in [6, 6.07) is 0. The van der Waals surface area contributed by atoms with E-state index in [2.05, 4.69) is 5.32 Å². The van der Waals surface area contributed by atoms with E-state index in [1.54, 1.807) is 6.92 Å². The molecule has 5 heteroatoms. The molecule has 0 radical (unpaired) electrons. The van der Waals surface area contributed by atoms with Gasteiger partial charge in [-0.25, -0.2) is 4.79 Å². The summed E-state index contributed by atoms with van der Waals surface area (Å²) in [6.07, 6.45) is 10.1. The van der Waals surface area contributed by atoms with Crippen molar-refractivity contribution in [2.75, 3.05) is 0 Å². The van der Waals surface area contributed by atoms with Crippen molar-refractivity contribution in [1.29, 1.82) is 0 Å². The maximum absolute atomic E-state index is 12.4. The third-order valence-corrected chi connectivity index (χ3v) is 5.46. The molecule has 1 amide bonds. The Morgan fingerprint density at radius 3 is 2.83 bits per heavy atom. The van der Waals surface area contributed by atoms with E-state index in [-0.39, 0.29) is 19.3 Å². The first kappa shape index (κ1) is 17.7. The monoisotopic (exact) mass is 321 g/mol. The largest absolute Gasteiger partial charge is 0.453 e. The average Bonchev–Trinajstić information content (AvgIpc) is 2.69. The summed E-state index contributed by atoms with van der Waals surface area (Å²) in [7, 11) is 0. The number of hydrogen-bond acceptors (Lipinski definition) is 4. The highest BCUT2D eigenvalue weighted by atomic mass is 16.6. The molecule has 5 atom stereocenters. The van der Waals surface area contributed by atoms with Crippen LogP contribution in [0.2, 0.25) is 0 Å². The molecule has 2 aliphatic heterocycles. The number of allylic oxidation sites excluding steroid dienone is 3. The van der Waals surface area contributed by atoms with Crippen LogP contribution in [0.5, 0.6) is 0 Å². The Hall–Kier alpha value is -1.62. The molecule has 0 unspecified atom stereocenters. The Balaban J connectivity index is 0.00000192. The number of aliphatic hydroxyl groups is 1. The zero-order valence-corrected chi connectivity index (χ0v) is 13.0. The van der Waals surface area contributed by atoms with E-state index in [1.165, 1.54) is 0 Å². The van der Waals surface area contributed by atoms with Crippen molar-refractivity contribution in [1.82, 2.24) is 5.32 Å². The standard InChI is InChI=1S/C17H23NO4.CH4/c1-3-4-10-12-14(20)18-17(15(21)22-16(12,17)2)13(19)11-8-6-5-7-9-11;/h3-4,6,8,11-13,19H,5,7,9-10H2,1-2H3,(H,18,20);1H4/b4-3+;/t11-,12+,13+,16+,17+;/m1./s1. The van der Waals surface area contributed by atoms with Gasteiger partial charge in [0.25, 0.3) is 0 Å². The van der Waals surface area contributed by atoms with Crippen LogP contribution in [-0.4, -0.2) is 34.2 Å². The van der Waals surface area contributed by atoms with E-state index < -0.39 is 29.1 Å². The van der Waals surface area contributed by atoms with Crippen LogP contribution in [0.15, 0.2) is 24.3 Å². The van der Waals surface area contributed by atoms with Crippen molar-refractivity contribution in [2.24, 2.45) is 11.8 Å². The minimum Gasteiger partial charge on any atom is -0.453 e. The number of aliphatic hydroxyl groups excluding tert-OH is 1. The maximum Gasteiger partial charge on any atom is 0.339 e. The van der Waals surface area contributed by atoms with E-state index in [4.69, 9.17) is 4.74 Å². The number of carbonyl (C=O) groups excluding carboxylic acids is 2. The highest BCUT2D eigenvalue weighted by Gasteiger charge is 2.79. The van der Waals surface area contributed by atoms with Gasteiger partial charge < -0.3 is 15.2 Å². The van der Waals surface area contributed by atoms with Crippen LogP contribution in [0.4, 0.5) is 0 Å². The molecule has 0 saturated carbocycles. The van der Waals surface area contributed by atoms with Crippen molar-refractivity contribution in [3.05, 3.63) is 24.3 Å².